The van der Waals surface area contributed by atoms with Crippen molar-refractivity contribution >= 4 is 19.4 Å². The zero-order chi connectivity index (χ0) is 28.6. The van der Waals surface area contributed by atoms with Crippen molar-refractivity contribution in [1.29, 1.82) is 0 Å². The normalized spacial score (nSPS) is 13.9. The van der Waals surface area contributed by atoms with Gasteiger partial charge in [-0.1, -0.05) is 63.9 Å². The molecule has 0 atom stereocenters. The van der Waals surface area contributed by atoms with Gasteiger partial charge in [-0.05, 0) is 56.1 Å². The standard InChI is InChI=1S/C23H30N2O3S.C5H13O3P.CH4/c1-5-6-10-20(13-14-28-4)29-23-22(17(2)3)24-21(16-26)25(23)15-18-8-7-9-19(27)12-11-18;1-4-7-9(3,6)8-5-2;/h5-7,9-13,17,26-27H,1,8,14-16H2,2-4H3;4-5H2,1-3H3;1H4/b10-6-,20-13+;;. The Kier molecular flexibility index (Phi) is 18.8. The Morgan fingerprint density at radius 2 is 1.95 bits per heavy atom. The number of hydrogen-bond acceptors (Lipinski definition) is 8. The van der Waals surface area contributed by atoms with Crippen LogP contribution in [0, 0.1) is 0 Å². The van der Waals surface area contributed by atoms with Crippen LogP contribution >= 0.6 is 19.4 Å². The monoisotopic (exact) mass is 582 g/mol. The molecule has 0 saturated carbocycles. The second-order valence-corrected chi connectivity index (χ2v) is 11.6. The minimum atomic E-state index is -2.69. The number of hydrogen-bond donors (Lipinski definition) is 2. The zero-order valence-electron chi connectivity index (χ0n) is 23.4. The van der Waals surface area contributed by atoms with E-state index in [0.29, 0.717) is 32.2 Å². The molecule has 0 fully saturated rings. The Hall–Kier alpha value is -2.13. The third-order valence-electron chi connectivity index (χ3n) is 5.02. The van der Waals surface area contributed by atoms with Crippen molar-refractivity contribution in [1.82, 2.24) is 9.55 Å². The fourth-order valence-corrected chi connectivity index (χ4v) is 5.54. The van der Waals surface area contributed by atoms with E-state index in [1.807, 2.05) is 30.4 Å². The van der Waals surface area contributed by atoms with Crippen LogP contribution in [0.1, 0.15) is 59.0 Å². The zero-order valence-corrected chi connectivity index (χ0v) is 25.1. The number of aromatic nitrogens is 2. The molecule has 0 saturated heterocycles. The van der Waals surface area contributed by atoms with E-state index < -0.39 is 7.60 Å². The van der Waals surface area contributed by atoms with Crippen LogP contribution in [-0.2, 0) is 31.5 Å². The van der Waals surface area contributed by atoms with Crippen molar-refractivity contribution in [3.63, 3.8) is 0 Å². The van der Waals surface area contributed by atoms with Crippen molar-refractivity contribution in [2.75, 3.05) is 33.6 Å². The molecule has 0 spiro atoms. The lowest BCUT2D eigenvalue weighted by atomic mass is 10.1. The molecule has 1 heterocycles. The van der Waals surface area contributed by atoms with E-state index in [-0.39, 0.29) is 25.7 Å². The summed E-state index contributed by atoms with van der Waals surface area (Å²) >= 11 is 1.61. The number of ether oxygens (including phenoxy) is 1. The SMILES string of the molecule is C.C=C/C=C\C(=C/COC)Sc1c(C(C)C)nc(CO)n1CC1=CC=C(O)C=CC1.CCOP(C)(=O)OCC. The summed E-state index contributed by atoms with van der Waals surface area (Å²) in [6.07, 6.45) is 15.6. The van der Waals surface area contributed by atoms with Gasteiger partial charge in [-0.25, -0.2) is 4.98 Å². The van der Waals surface area contributed by atoms with Gasteiger partial charge in [0.15, 0.2) is 0 Å². The Morgan fingerprint density at radius 3 is 2.49 bits per heavy atom. The third kappa shape index (κ3) is 13.7. The minimum Gasteiger partial charge on any atom is -0.508 e. The van der Waals surface area contributed by atoms with Crippen molar-refractivity contribution in [3.05, 3.63) is 82.9 Å². The largest absolute Gasteiger partial charge is 0.508 e. The molecule has 1 aromatic heterocycles. The molecule has 0 amide bonds. The number of thioether (sulfide) groups is 1. The van der Waals surface area contributed by atoms with Crippen LogP contribution in [-0.4, -0.2) is 53.4 Å². The highest BCUT2D eigenvalue weighted by Gasteiger charge is 2.21. The molecule has 0 aromatic carbocycles. The van der Waals surface area contributed by atoms with Gasteiger partial charge in [0.05, 0.1) is 25.5 Å². The number of methoxy groups -OCH3 is 1. The molecule has 2 rings (SSSR count). The minimum absolute atomic E-state index is 0. The summed E-state index contributed by atoms with van der Waals surface area (Å²) in [6.45, 7) is 14.8. The van der Waals surface area contributed by atoms with E-state index >= 15 is 0 Å². The van der Waals surface area contributed by atoms with E-state index in [0.717, 1.165) is 27.6 Å². The molecular formula is C29H47N2O6PS. The Balaban J connectivity index is 0.00000124. The van der Waals surface area contributed by atoms with Gasteiger partial charge in [0.25, 0.3) is 0 Å². The van der Waals surface area contributed by atoms with Gasteiger partial charge in [-0.15, -0.1) is 0 Å². The van der Waals surface area contributed by atoms with Gasteiger partial charge in [0.2, 0.25) is 0 Å². The average molecular weight is 583 g/mol. The third-order valence-corrected chi connectivity index (χ3v) is 7.64. The van der Waals surface area contributed by atoms with Crippen LogP contribution in [0.4, 0.5) is 0 Å². The first-order chi connectivity index (χ1) is 18.1. The number of imidazole rings is 1. The molecule has 0 unspecified atom stereocenters. The van der Waals surface area contributed by atoms with E-state index in [1.54, 1.807) is 50.9 Å². The van der Waals surface area contributed by atoms with E-state index in [9.17, 15) is 14.8 Å². The molecule has 1 aliphatic rings. The summed E-state index contributed by atoms with van der Waals surface area (Å²) in [4.78, 5) is 5.75. The molecule has 39 heavy (non-hydrogen) atoms. The lowest BCUT2D eigenvalue weighted by molar-refractivity contribution is 0.225. The summed E-state index contributed by atoms with van der Waals surface area (Å²) in [5.41, 5.74) is 2.08. The highest BCUT2D eigenvalue weighted by molar-refractivity contribution is 8.03. The fourth-order valence-electron chi connectivity index (χ4n) is 3.34. The second kappa shape index (κ2) is 19.9. The highest BCUT2D eigenvalue weighted by atomic mass is 32.2. The summed E-state index contributed by atoms with van der Waals surface area (Å²) in [7, 11) is -1.03. The Bertz CT molecular complexity index is 1080. The lowest BCUT2D eigenvalue weighted by Gasteiger charge is -2.14. The molecule has 2 N–H and O–H groups in total. The predicted octanol–water partition coefficient (Wildman–Crippen LogP) is 7.71. The smallest absolute Gasteiger partial charge is 0.327 e. The molecule has 10 heteroatoms. The van der Waals surface area contributed by atoms with Gasteiger partial charge < -0.3 is 28.6 Å². The first-order valence-electron chi connectivity index (χ1n) is 12.6. The molecule has 0 aliphatic heterocycles. The number of allylic oxidation sites excluding steroid dienone is 8. The van der Waals surface area contributed by atoms with Gasteiger partial charge in [-0.2, -0.15) is 0 Å². The van der Waals surface area contributed by atoms with Crippen LogP contribution in [0.2, 0.25) is 0 Å². The van der Waals surface area contributed by atoms with Gasteiger partial charge in [-0.3, -0.25) is 4.57 Å². The second-order valence-electron chi connectivity index (χ2n) is 8.51. The number of rotatable bonds is 14. The quantitative estimate of drug-likeness (QED) is 0.131. The van der Waals surface area contributed by atoms with E-state index in [2.05, 4.69) is 25.0 Å². The summed E-state index contributed by atoms with van der Waals surface area (Å²) in [6, 6.07) is 0. The number of nitrogens with zero attached hydrogens (tertiary/aromatic N) is 2. The average Bonchev–Trinajstić information content (AvgIpc) is 3.07. The molecule has 8 nitrogen and oxygen atoms in total. The van der Waals surface area contributed by atoms with Gasteiger partial charge in [0.1, 0.15) is 23.2 Å². The maximum atomic E-state index is 11.0. The Morgan fingerprint density at radius 1 is 1.28 bits per heavy atom. The van der Waals surface area contributed by atoms with E-state index in [4.69, 9.17) is 18.8 Å². The first kappa shape index (κ1) is 36.9. The molecular weight excluding hydrogens is 535 g/mol. The molecule has 0 radical (unpaired) electrons. The van der Waals surface area contributed by atoms with Gasteiger partial charge in [0, 0.05) is 25.2 Å². The number of aliphatic hydroxyl groups excluding tert-OH is 2. The maximum Gasteiger partial charge on any atom is 0.327 e. The van der Waals surface area contributed by atoms with Crippen LogP contribution in [0.25, 0.3) is 0 Å². The molecule has 1 aromatic rings. The Labute approximate surface area is 239 Å². The van der Waals surface area contributed by atoms with Gasteiger partial charge >= 0.3 is 7.60 Å². The topological polar surface area (TPSA) is 103 Å². The van der Waals surface area contributed by atoms with Crippen LogP contribution in [0.3, 0.4) is 0 Å². The van der Waals surface area contributed by atoms with Crippen LogP contribution in [0.15, 0.2) is 76.5 Å². The van der Waals surface area contributed by atoms with Crippen LogP contribution < -0.4 is 0 Å². The predicted molar refractivity (Wildman–Crippen MR) is 163 cm³/mol. The van der Waals surface area contributed by atoms with Crippen molar-refractivity contribution in [2.24, 2.45) is 0 Å². The van der Waals surface area contributed by atoms with Crippen molar-refractivity contribution in [2.45, 2.75) is 65.6 Å². The maximum absolute atomic E-state index is 11.0. The molecule has 0 bridgehead atoms. The molecule has 220 valence electrons. The van der Waals surface area contributed by atoms with Crippen molar-refractivity contribution < 1.29 is 28.6 Å². The lowest BCUT2D eigenvalue weighted by Crippen LogP contribution is -2.07. The fraction of sp³-hybridized carbons (Fsp3) is 0.483. The summed E-state index contributed by atoms with van der Waals surface area (Å²) in [5.74, 6) is 1.09. The van der Waals surface area contributed by atoms with E-state index in [1.165, 1.54) is 6.66 Å². The summed E-state index contributed by atoms with van der Waals surface area (Å²) < 4.78 is 27.9. The first-order valence-corrected chi connectivity index (χ1v) is 15.4. The highest BCUT2D eigenvalue weighted by Crippen LogP contribution is 2.43. The molecule has 1 aliphatic carbocycles. The number of aliphatic hydroxyl groups is 2. The summed E-state index contributed by atoms with van der Waals surface area (Å²) in [5, 5.41) is 20.7. The van der Waals surface area contributed by atoms with Crippen LogP contribution in [0.5, 0.6) is 0 Å². The van der Waals surface area contributed by atoms with Crippen molar-refractivity contribution in [3.8, 4) is 0 Å².